The van der Waals surface area contributed by atoms with E-state index in [9.17, 15) is 0 Å². The lowest BCUT2D eigenvalue weighted by molar-refractivity contribution is 0.311. The summed E-state index contributed by atoms with van der Waals surface area (Å²) in [5.41, 5.74) is 3.70. The maximum Gasteiger partial charge on any atom is 0.137 e. The molecule has 2 fully saturated rings. The highest BCUT2D eigenvalue weighted by Gasteiger charge is 2.27. The third-order valence-corrected chi connectivity index (χ3v) is 5.80. The van der Waals surface area contributed by atoms with Gasteiger partial charge in [0.15, 0.2) is 0 Å². The number of benzene rings is 1. The second kappa shape index (κ2) is 8.21. The highest BCUT2D eigenvalue weighted by molar-refractivity contribution is 6.30. The average Bonchev–Trinajstić information content (AvgIpc) is 3.43. The van der Waals surface area contributed by atoms with Crippen LogP contribution in [0.5, 0.6) is 0 Å². The van der Waals surface area contributed by atoms with Gasteiger partial charge >= 0.3 is 0 Å². The van der Waals surface area contributed by atoms with Crippen LogP contribution in [-0.2, 0) is 13.0 Å². The molecule has 0 spiro atoms. The summed E-state index contributed by atoms with van der Waals surface area (Å²) in [6.45, 7) is 7.40. The van der Waals surface area contributed by atoms with Crippen LogP contribution in [0.4, 0.5) is 5.82 Å². The molecule has 5 nitrogen and oxygen atoms in total. The van der Waals surface area contributed by atoms with Crippen molar-refractivity contribution in [1.82, 2.24) is 20.0 Å². The monoisotopic (exact) mass is 387 g/mol. The first-order valence-electron chi connectivity index (χ1n) is 10.2. The first-order chi connectivity index (χ1) is 13.2. The molecule has 1 aromatic heterocycles. The number of rotatable bonds is 7. The van der Waals surface area contributed by atoms with Gasteiger partial charge in [0.1, 0.15) is 5.82 Å². The second-order valence-corrected chi connectivity index (χ2v) is 8.27. The van der Waals surface area contributed by atoms with Crippen molar-refractivity contribution < 1.29 is 0 Å². The number of halogens is 1. The Morgan fingerprint density at radius 1 is 1.11 bits per heavy atom. The normalized spacial score (nSPS) is 18.3. The summed E-state index contributed by atoms with van der Waals surface area (Å²) >= 11 is 6.13. The Bertz CT molecular complexity index is 758. The quantitative estimate of drug-likeness (QED) is 0.789. The standard InChI is InChI=1S/C21H30ClN5/c1-3-4-20-19(15-23-17-7-8-17)21(26-13-11-25(2)12-14-26)27(24-20)18-9-5-16(22)6-10-18/h5-6,9-10,17,23H,3-4,7-8,11-15H2,1-2H3. The zero-order chi connectivity index (χ0) is 18.8. The van der Waals surface area contributed by atoms with Gasteiger partial charge < -0.3 is 15.1 Å². The largest absolute Gasteiger partial charge is 0.354 e. The van der Waals surface area contributed by atoms with Crippen LogP contribution in [0.25, 0.3) is 5.69 Å². The molecule has 6 heteroatoms. The van der Waals surface area contributed by atoms with E-state index in [1.807, 2.05) is 12.1 Å². The van der Waals surface area contributed by atoms with Gasteiger partial charge in [-0.15, -0.1) is 0 Å². The van der Waals surface area contributed by atoms with Crippen molar-refractivity contribution >= 4 is 17.4 Å². The zero-order valence-corrected chi connectivity index (χ0v) is 17.2. The van der Waals surface area contributed by atoms with Crippen LogP contribution < -0.4 is 10.2 Å². The van der Waals surface area contributed by atoms with Gasteiger partial charge in [-0.25, -0.2) is 4.68 Å². The maximum atomic E-state index is 6.13. The fraction of sp³-hybridized carbons (Fsp3) is 0.571. The molecular weight excluding hydrogens is 358 g/mol. The van der Waals surface area contributed by atoms with Gasteiger partial charge in [-0.2, -0.15) is 5.10 Å². The molecule has 0 bridgehead atoms. The van der Waals surface area contributed by atoms with Crippen molar-refractivity contribution in [3.8, 4) is 5.69 Å². The SMILES string of the molecule is CCCc1nn(-c2ccc(Cl)cc2)c(N2CCN(C)CC2)c1CNC1CC1. The minimum atomic E-state index is 0.693. The maximum absolute atomic E-state index is 6.13. The third kappa shape index (κ3) is 4.31. The number of aryl methyl sites for hydroxylation is 1. The summed E-state index contributed by atoms with van der Waals surface area (Å²) < 4.78 is 2.15. The molecule has 4 rings (SSSR count). The lowest BCUT2D eigenvalue weighted by atomic mass is 10.1. The van der Waals surface area contributed by atoms with Crippen molar-refractivity contribution in [2.75, 3.05) is 38.1 Å². The van der Waals surface area contributed by atoms with E-state index in [2.05, 4.69) is 45.9 Å². The van der Waals surface area contributed by atoms with E-state index < -0.39 is 0 Å². The molecule has 0 unspecified atom stereocenters. The third-order valence-electron chi connectivity index (χ3n) is 5.55. The van der Waals surface area contributed by atoms with Gasteiger partial charge in [-0.3, -0.25) is 0 Å². The summed E-state index contributed by atoms with van der Waals surface area (Å²) in [5, 5.41) is 9.55. The first-order valence-corrected chi connectivity index (χ1v) is 10.6. The smallest absolute Gasteiger partial charge is 0.137 e. The summed E-state index contributed by atoms with van der Waals surface area (Å²) in [6, 6.07) is 8.74. The molecule has 2 aliphatic rings. The Morgan fingerprint density at radius 2 is 1.81 bits per heavy atom. The van der Waals surface area contributed by atoms with Crippen LogP contribution >= 0.6 is 11.6 Å². The number of nitrogens with zero attached hydrogens (tertiary/aromatic N) is 4. The Morgan fingerprint density at radius 3 is 2.44 bits per heavy atom. The van der Waals surface area contributed by atoms with E-state index in [-0.39, 0.29) is 0 Å². The molecule has 0 atom stereocenters. The molecule has 1 saturated heterocycles. The van der Waals surface area contributed by atoms with Crippen LogP contribution in [0.15, 0.2) is 24.3 Å². The lowest BCUT2D eigenvalue weighted by Gasteiger charge is -2.34. The van der Waals surface area contributed by atoms with Crippen LogP contribution in [0.2, 0.25) is 5.02 Å². The molecule has 146 valence electrons. The fourth-order valence-electron chi connectivity index (χ4n) is 3.74. The molecule has 1 aliphatic heterocycles. The van der Waals surface area contributed by atoms with Gasteiger partial charge in [0, 0.05) is 49.4 Å². The van der Waals surface area contributed by atoms with Gasteiger partial charge in [0.25, 0.3) is 0 Å². The van der Waals surface area contributed by atoms with Gasteiger partial charge in [-0.1, -0.05) is 24.9 Å². The van der Waals surface area contributed by atoms with Crippen molar-refractivity contribution in [3.05, 3.63) is 40.5 Å². The van der Waals surface area contributed by atoms with E-state index in [1.54, 1.807) is 0 Å². The van der Waals surface area contributed by atoms with E-state index in [1.165, 1.54) is 29.9 Å². The summed E-state index contributed by atoms with van der Waals surface area (Å²) in [5.74, 6) is 1.27. The number of piperazine rings is 1. The average molecular weight is 388 g/mol. The molecule has 1 aliphatic carbocycles. The predicted molar refractivity (Wildman–Crippen MR) is 112 cm³/mol. The number of nitrogens with one attached hydrogen (secondary N) is 1. The van der Waals surface area contributed by atoms with E-state index >= 15 is 0 Å². The number of likely N-dealkylation sites (N-methyl/N-ethyl adjacent to an activating group) is 1. The Hall–Kier alpha value is -1.56. The zero-order valence-electron chi connectivity index (χ0n) is 16.4. The Labute approximate surface area is 167 Å². The van der Waals surface area contributed by atoms with Gasteiger partial charge in [0.05, 0.1) is 11.4 Å². The van der Waals surface area contributed by atoms with Crippen LogP contribution in [0, 0.1) is 0 Å². The number of anilines is 1. The molecule has 1 N–H and O–H groups in total. The molecule has 2 aromatic rings. The highest BCUT2D eigenvalue weighted by atomic mass is 35.5. The van der Waals surface area contributed by atoms with Crippen LogP contribution in [-0.4, -0.2) is 53.9 Å². The summed E-state index contributed by atoms with van der Waals surface area (Å²) in [6.07, 6.45) is 4.73. The molecule has 1 aromatic carbocycles. The molecular formula is C21H30ClN5. The highest BCUT2D eigenvalue weighted by Crippen LogP contribution is 2.31. The number of hydrogen-bond donors (Lipinski definition) is 1. The van der Waals surface area contributed by atoms with E-state index in [4.69, 9.17) is 16.7 Å². The lowest BCUT2D eigenvalue weighted by Crippen LogP contribution is -2.45. The number of hydrogen-bond acceptors (Lipinski definition) is 4. The van der Waals surface area contributed by atoms with Gasteiger partial charge in [-0.05, 0) is 50.6 Å². The van der Waals surface area contributed by atoms with E-state index in [0.717, 1.165) is 56.3 Å². The minimum Gasteiger partial charge on any atom is -0.354 e. The molecule has 2 heterocycles. The van der Waals surface area contributed by atoms with Crippen LogP contribution in [0.1, 0.15) is 37.4 Å². The summed E-state index contributed by atoms with van der Waals surface area (Å²) in [7, 11) is 2.20. The molecule has 1 saturated carbocycles. The van der Waals surface area contributed by atoms with Crippen molar-refractivity contribution in [2.24, 2.45) is 0 Å². The van der Waals surface area contributed by atoms with Gasteiger partial charge in [0.2, 0.25) is 0 Å². The summed E-state index contributed by atoms with van der Waals surface area (Å²) in [4.78, 5) is 4.92. The Kier molecular flexibility index (Phi) is 5.71. The molecule has 27 heavy (non-hydrogen) atoms. The molecule has 0 amide bonds. The van der Waals surface area contributed by atoms with Crippen molar-refractivity contribution in [1.29, 1.82) is 0 Å². The minimum absolute atomic E-state index is 0.693. The fourth-order valence-corrected chi connectivity index (χ4v) is 3.87. The van der Waals surface area contributed by atoms with Crippen LogP contribution in [0.3, 0.4) is 0 Å². The molecule has 0 radical (unpaired) electrons. The van der Waals surface area contributed by atoms with Crippen molar-refractivity contribution in [2.45, 2.75) is 45.2 Å². The van der Waals surface area contributed by atoms with E-state index in [0.29, 0.717) is 6.04 Å². The number of aromatic nitrogens is 2. The predicted octanol–water partition coefficient (Wildman–Crippen LogP) is 3.48. The first kappa shape index (κ1) is 18.8. The second-order valence-electron chi connectivity index (χ2n) is 7.83. The topological polar surface area (TPSA) is 36.3 Å². The van der Waals surface area contributed by atoms with Crippen molar-refractivity contribution in [3.63, 3.8) is 0 Å². The Balaban J connectivity index is 1.75.